The Hall–Kier alpha value is -1.21. The normalized spacial score (nSPS) is 18.1. The first kappa shape index (κ1) is 18.1. The van der Waals surface area contributed by atoms with Crippen LogP contribution in [0.15, 0.2) is 16.6 Å². The number of hydrogen-bond donors (Lipinski definition) is 0. The lowest BCUT2D eigenvalue weighted by atomic mass is 10.1. The summed E-state index contributed by atoms with van der Waals surface area (Å²) in [7, 11) is 0. The van der Waals surface area contributed by atoms with Crippen LogP contribution in [0.25, 0.3) is 0 Å². The van der Waals surface area contributed by atoms with Crippen LogP contribution in [0.4, 0.5) is 13.6 Å². The Morgan fingerprint density at radius 3 is 2.61 bits per heavy atom. The second-order valence-corrected chi connectivity index (χ2v) is 7.34. The second kappa shape index (κ2) is 7.13. The van der Waals surface area contributed by atoms with Crippen molar-refractivity contribution in [2.75, 3.05) is 13.2 Å². The van der Waals surface area contributed by atoms with Gasteiger partial charge in [-0.05, 0) is 44.9 Å². The van der Waals surface area contributed by atoms with Crippen LogP contribution >= 0.6 is 15.9 Å². The summed E-state index contributed by atoms with van der Waals surface area (Å²) in [5, 5.41) is 0. The summed E-state index contributed by atoms with van der Waals surface area (Å²) >= 11 is 3.21. The Kier molecular flexibility index (Phi) is 5.62. The molecule has 0 aliphatic carbocycles. The lowest BCUT2D eigenvalue weighted by Gasteiger charge is -2.31. The highest BCUT2D eigenvalue weighted by Gasteiger charge is 2.31. The molecule has 0 N–H and O–H groups in total. The van der Waals surface area contributed by atoms with Gasteiger partial charge in [-0.25, -0.2) is 13.6 Å². The average Bonchev–Trinajstić information content (AvgIpc) is 2.93. The molecule has 0 bridgehead atoms. The number of carbonyl (C=O) groups is 1. The summed E-state index contributed by atoms with van der Waals surface area (Å²) < 4.78 is 37.9. The van der Waals surface area contributed by atoms with Crippen molar-refractivity contribution in [1.29, 1.82) is 0 Å². The first-order valence-electron chi connectivity index (χ1n) is 7.38. The van der Waals surface area contributed by atoms with Crippen LogP contribution in [0.2, 0.25) is 0 Å². The topological polar surface area (TPSA) is 38.8 Å². The van der Waals surface area contributed by atoms with Gasteiger partial charge < -0.3 is 9.47 Å². The third-order valence-electron chi connectivity index (χ3n) is 3.40. The van der Waals surface area contributed by atoms with Crippen molar-refractivity contribution >= 4 is 22.0 Å². The largest absolute Gasteiger partial charge is 0.444 e. The van der Waals surface area contributed by atoms with Gasteiger partial charge in [-0.3, -0.25) is 4.90 Å². The summed E-state index contributed by atoms with van der Waals surface area (Å²) in [6.07, 6.45) is 0.185. The van der Waals surface area contributed by atoms with Crippen molar-refractivity contribution in [2.45, 2.75) is 45.4 Å². The molecule has 1 aromatic carbocycles. The lowest BCUT2D eigenvalue weighted by molar-refractivity contribution is 0.0125. The summed E-state index contributed by atoms with van der Waals surface area (Å²) in [4.78, 5) is 14.0. The van der Waals surface area contributed by atoms with Crippen LogP contribution < -0.4 is 0 Å². The molecule has 128 valence electrons. The molecule has 1 aliphatic rings. The van der Waals surface area contributed by atoms with E-state index in [1.165, 1.54) is 4.90 Å². The minimum atomic E-state index is -0.949. The highest BCUT2D eigenvalue weighted by Crippen LogP contribution is 2.25. The highest BCUT2D eigenvalue weighted by atomic mass is 79.9. The summed E-state index contributed by atoms with van der Waals surface area (Å²) in [5.74, 6) is -1.89. The molecule has 1 saturated heterocycles. The van der Waals surface area contributed by atoms with Gasteiger partial charge in [0.25, 0.3) is 0 Å². The van der Waals surface area contributed by atoms with Crippen molar-refractivity contribution in [3.8, 4) is 0 Å². The van der Waals surface area contributed by atoms with E-state index in [-0.39, 0.29) is 12.6 Å². The number of benzene rings is 1. The van der Waals surface area contributed by atoms with Gasteiger partial charge in [0.1, 0.15) is 5.60 Å². The average molecular weight is 392 g/mol. The molecule has 0 spiro atoms. The molecule has 7 heteroatoms. The smallest absolute Gasteiger partial charge is 0.410 e. The molecule has 1 heterocycles. The Morgan fingerprint density at radius 2 is 2.04 bits per heavy atom. The maximum absolute atomic E-state index is 13.5. The minimum absolute atomic E-state index is 0.112. The van der Waals surface area contributed by atoms with E-state index in [0.717, 1.165) is 12.1 Å². The zero-order chi connectivity index (χ0) is 17.2. The SMILES string of the molecule is CC(C)(C)OC(=O)N(Cc1cc(F)c(F)cc1Br)C1CCOC1. The lowest BCUT2D eigenvalue weighted by Crippen LogP contribution is -2.43. The van der Waals surface area contributed by atoms with Gasteiger partial charge >= 0.3 is 6.09 Å². The fourth-order valence-corrected chi connectivity index (χ4v) is 2.74. The molecule has 0 aromatic heterocycles. The molecule has 1 unspecified atom stereocenters. The van der Waals surface area contributed by atoms with Crippen LogP contribution in [-0.4, -0.2) is 35.8 Å². The van der Waals surface area contributed by atoms with Gasteiger partial charge in [-0.15, -0.1) is 0 Å². The zero-order valence-corrected chi connectivity index (χ0v) is 15.0. The van der Waals surface area contributed by atoms with Crippen LogP contribution in [0.5, 0.6) is 0 Å². The Morgan fingerprint density at radius 1 is 1.39 bits per heavy atom. The van der Waals surface area contributed by atoms with Gasteiger partial charge in [0.05, 0.1) is 19.2 Å². The first-order chi connectivity index (χ1) is 10.7. The molecule has 4 nitrogen and oxygen atoms in total. The molecule has 2 rings (SSSR count). The molecular weight excluding hydrogens is 372 g/mol. The number of carbonyl (C=O) groups excluding carboxylic acids is 1. The van der Waals surface area contributed by atoms with Gasteiger partial charge in [-0.2, -0.15) is 0 Å². The molecule has 1 amide bonds. The van der Waals surface area contributed by atoms with E-state index in [9.17, 15) is 13.6 Å². The van der Waals surface area contributed by atoms with Gasteiger partial charge in [0, 0.05) is 11.1 Å². The van der Waals surface area contributed by atoms with E-state index in [0.29, 0.717) is 29.7 Å². The van der Waals surface area contributed by atoms with E-state index < -0.39 is 23.3 Å². The molecule has 0 saturated carbocycles. The number of rotatable bonds is 3. The Labute approximate surface area is 142 Å². The molecule has 1 fully saturated rings. The second-order valence-electron chi connectivity index (χ2n) is 6.48. The van der Waals surface area contributed by atoms with E-state index in [4.69, 9.17) is 9.47 Å². The Bertz CT molecular complexity index is 583. The van der Waals surface area contributed by atoms with Crippen LogP contribution in [0, 0.1) is 11.6 Å². The standard InChI is InChI=1S/C16H20BrF2NO3/c1-16(2,3)23-15(21)20(11-4-5-22-9-11)8-10-6-13(18)14(19)7-12(10)17/h6-7,11H,4-5,8-9H2,1-3H3. The minimum Gasteiger partial charge on any atom is -0.444 e. The third-order valence-corrected chi connectivity index (χ3v) is 4.14. The number of ether oxygens (including phenoxy) is 2. The molecular formula is C16H20BrF2NO3. The molecule has 1 aromatic rings. The number of halogens is 3. The summed E-state index contributed by atoms with van der Waals surface area (Å²) in [6.45, 7) is 6.41. The fourth-order valence-electron chi connectivity index (χ4n) is 2.30. The van der Waals surface area contributed by atoms with E-state index in [1.807, 2.05) is 0 Å². The van der Waals surface area contributed by atoms with Gasteiger partial charge in [0.2, 0.25) is 0 Å². The third kappa shape index (κ3) is 4.88. The number of amides is 1. The molecule has 0 radical (unpaired) electrons. The van der Waals surface area contributed by atoms with Gasteiger partial charge in [-0.1, -0.05) is 15.9 Å². The van der Waals surface area contributed by atoms with Crippen LogP contribution in [-0.2, 0) is 16.0 Å². The predicted molar refractivity (Wildman–Crippen MR) is 85.1 cm³/mol. The van der Waals surface area contributed by atoms with Crippen molar-refractivity contribution in [3.05, 3.63) is 33.8 Å². The monoisotopic (exact) mass is 391 g/mol. The maximum Gasteiger partial charge on any atom is 0.410 e. The summed E-state index contributed by atoms with van der Waals surface area (Å²) in [5.41, 5.74) is -0.165. The first-order valence-corrected chi connectivity index (χ1v) is 8.17. The van der Waals surface area contributed by atoms with E-state index in [2.05, 4.69) is 15.9 Å². The van der Waals surface area contributed by atoms with Gasteiger partial charge in [0.15, 0.2) is 11.6 Å². The predicted octanol–water partition coefficient (Wildman–Crippen LogP) is 4.25. The van der Waals surface area contributed by atoms with Crippen LogP contribution in [0.3, 0.4) is 0 Å². The van der Waals surface area contributed by atoms with E-state index in [1.54, 1.807) is 20.8 Å². The quantitative estimate of drug-likeness (QED) is 0.722. The molecule has 1 aliphatic heterocycles. The van der Waals surface area contributed by atoms with Crippen molar-refractivity contribution in [2.24, 2.45) is 0 Å². The fraction of sp³-hybridized carbons (Fsp3) is 0.562. The van der Waals surface area contributed by atoms with Crippen molar-refractivity contribution in [1.82, 2.24) is 4.90 Å². The molecule has 23 heavy (non-hydrogen) atoms. The number of nitrogens with zero attached hydrogens (tertiary/aromatic N) is 1. The highest BCUT2D eigenvalue weighted by molar-refractivity contribution is 9.10. The Balaban J connectivity index is 2.24. The van der Waals surface area contributed by atoms with Crippen molar-refractivity contribution < 1.29 is 23.0 Å². The van der Waals surface area contributed by atoms with E-state index >= 15 is 0 Å². The molecule has 1 atom stereocenters. The van der Waals surface area contributed by atoms with Crippen molar-refractivity contribution in [3.63, 3.8) is 0 Å². The zero-order valence-electron chi connectivity index (χ0n) is 13.4. The van der Waals surface area contributed by atoms with Crippen LogP contribution in [0.1, 0.15) is 32.8 Å². The maximum atomic E-state index is 13.5. The number of hydrogen-bond acceptors (Lipinski definition) is 3. The summed E-state index contributed by atoms with van der Waals surface area (Å²) in [6, 6.07) is 2.00.